The summed E-state index contributed by atoms with van der Waals surface area (Å²) in [6.07, 6.45) is 2.01. The Bertz CT molecular complexity index is 484. The number of hydrogen-bond acceptors (Lipinski definition) is 4. The van der Waals surface area contributed by atoms with Crippen LogP contribution in [0.2, 0.25) is 0 Å². The van der Waals surface area contributed by atoms with Crippen molar-refractivity contribution in [3.63, 3.8) is 0 Å². The lowest BCUT2D eigenvalue weighted by atomic mass is 10.2. The first-order chi connectivity index (χ1) is 10.9. The zero-order chi connectivity index (χ0) is 17.1. The first kappa shape index (κ1) is 22.6. The molecule has 1 rings (SSSR count). The van der Waals surface area contributed by atoms with E-state index in [9.17, 15) is 4.79 Å². The summed E-state index contributed by atoms with van der Waals surface area (Å²) < 4.78 is 10.4. The maximum Gasteiger partial charge on any atom is 0.407 e. The summed E-state index contributed by atoms with van der Waals surface area (Å²) in [4.78, 5) is 15.9. The molecule has 0 aliphatic rings. The molecule has 3 N–H and O–H groups in total. The fourth-order valence-corrected chi connectivity index (χ4v) is 1.70. The average Bonchev–Trinajstić information content (AvgIpc) is 2.95. The second-order valence-electron chi connectivity index (χ2n) is 5.98. The molecule has 8 heteroatoms. The number of nitrogens with zero attached hydrogens (tertiary/aromatic N) is 1. The Morgan fingerprint density at radius 2 is 1.96 bits per heavy atom. The Hall–Kier alpha value is -1.45. The molecular formula is C16H29IN4O3. The Morgan fingerprint density at radius 1 is 1.25 bits per heavy atom. The molecule has 0 bridgehead atoms. The first-order valence-electron chi connectivity index (χ1n) is 7.92. The van der Waals surface area contributed by atoms with Crippen LogP contribution in [-0.4, -0.2) is 37.3 Å². The zero-order valence-corrected chi connectivity index (χ0v) is 17.2. The Balaban J connectivity index is 0.00000529. The SMILES string of the molecule is CCNC(=NCc1ccco1)NCCCNC(=O)OC(C)(C)C.I. The lowest BCUT2D eigenvalue weighted by Crippen LogP contribution is -2.39. The summed E-state index contributed by atoms with van der Waals surface area (Å²) in [6.45, 7) is 10.0. The number of halogens is 1. The highest BCUT2D eigenvalue weighted by Gasteiger charge is 2.15. The predicted octanol–water partition coefficient (Wildman–Crippen LogP) is 2.87. The van der Waals surface area contributed by atoms with Crippen LogP contribution in [0.15, 0.2) is 27.8 Å². The number of aliphatic imine (C=N–C) groups is 1. The van der Waals surface area contributed by atoms with Gasteiger partial charge in [0.15, 0.2) is 5.96 Å². The van der Waals surface area contributed by atoms with Gasteiger partial charge in [-0.1, -0.05) is 0 Å². The monoisotopic (exact) mass is 452 g/mol. The molecule has 1 amide bonds. The lowest BCUT2D eigenvalue weighted by Gasteiger charge is -2.19. The number of carbonyl (C=O) groups excluding carboxylic acids is 1. The van der Waals surface area contributed by atoms with Crippen LogP contribution in [0.1, 0.15) is 39.9 Å². The third-order valence-corrected chi connectivity index (χ3v) is 2.63. The summed E-state index contributed by atoms with van der Waals surface area (Å²) in [5.41, 5.74) is -0.473. The Morgan fingerprint density at radius 3 is 2.54 bits per heavy atom. The summed E-state index contributed by atoms with van der Waals surface area (Å²) in [5.74, 6) is 1.54. The molecule has 0 aliphatic heterocycles. The summed E-state index contributed by atoms with van der Waals surface area (Å²) in [7, 11) is 0. The fraction of sp³-hybridized carbons (Fsp3) is 0.625. The van der Waals surface area contributed by atoms with Crippen molar-refractivity contribution in [1.29, 1.82) is 0 Å². The number of hydrogen-bond donors (Lipinski definition) is 3. The maximum absolute atomic E-state index is 11.5. The molecule has 1 aromatic heterocycles. The van der Waals surface area contributed by atoms with Gasteiger partial charge in [-0.3, -0.25) is 0 Å². The van der Waals surface area contributed by atoms with Crippen LogP contribution in [0.5, 0.6) is 0 Å². The van der Waals surface area contributed by atoms with Crippen LogP contribution >= 0.6 is 24.0 Å². The first-order valence-corrected chi connectivity index (χ1v) is 7.92. The third kappa shape index (κ3) is 11.1. The van der Waals surface area contributed by atoms with Gasteiger partial charge in [-0.2, -0.15) is 0 Å². The van der Waals surface area contributed by atoms with E-state index in [1.165, 1.54) is 0 Å². The van der Waals surface area contributed by atoms with Gasteiger partial charge < -0.3 is 25.1 Å². The van der Waals surface area contributed by atoms with Crippen molar-refractivity contribution < 1.29 is 13.9 Å². The molecule has 0 fully saturated rings. The van der Waals surface area contributed by atoms with E-state index in [-0.39, 0.29) is 24.0 Å². The van der Waals surface area contributed by atoms with E-state index >= 15 is 0 Å². The fourth-order valence-electron chi connectivity index (χ4n) is 1.70. The third-order valence-electron chi connectivity index (χ3n) is 2.63. The molecule has 1 heterocycles. The molecule has 24 heavy (non-hydrogen) atoms. The van der Waals surface area contributed by atoms with Gasteiger partial charge in [-0.25, -0.2) is 9.79 Å². The molecule has 0 radical (unpaired) electrons. The van der Waals surface area contributed by atoms with Crippen molar-refractivity contribution in [2.24, 2.45) is 4.99 Å². The minimum atomic E-state index is -0.473. The number of furan rings is 1. The van der Waals surface area contributed by atoms with Crippen molar-refractivity contribution in [2.45, 2.75) is 46.3 Å². The lowest BCUT2D eigenvalue weighted by molar-refractivity contribution is 0.0527. The largest absolute Gasteiger partial charge is 0.467 e. The topological polar surface area (TPSA) is 87.9 Å². The van der Waals surface area contributed by atoms with Crippen molar-refractivity contribution in [2.75, 3.05) is 19.6 Å². The standard InChI is InChI=1S/C16H28N4O3.HI/c1-5-17-14(20-12-13-8-6-11-22-13)18-9-7-10-19-15(21)23-16(2,3)4;/h6,8,11H,5,7,9-10,12H2,1-4H3,(H,19,21)(H2,17,18,20);1H. The molecule has 0 saturated heterocycles. The number of carbonyl (C=O) groups is 1. The molecule has 0 aromatic carbocycles. The van der Waals surface area contributed by atoms with Gasteiger partial charge in [0.25, 0.3) is 0 Å². The van der Waals surface area contributed by atoms with Crippen molar-refractivity contribution in [3.05, 3.63) is 24.2 Å². The van der Waals surface area contributed by atoms with Gasteiger partial charge >= 0.3 is 6.09 Å². The quantitative estimate of drug-likeness (QED) is 0.256. The van der Waals surface area contributed by atoms with Gasteiger partial charge in [0.05, 0.1) is 6.26 Å². The molecule has 0 spiro atoms. The smallest absolute Gasteiger partial charge is 0.407 e. The number of alkyl carbamates (subject to hydrolysis) is 1. The molecular weight excluding hydrogens is 423 g/mol. The second kappa shape index (κ2) is 12.0. The Kier molecular flexibility index (Phi) is 11.3. The van der Waals surface area contributed by atoms with Gasteiger partial charge in [0, 0.05) is 19.6 Å². The minimum absolute atomic E-state index is 0. The van der Waals surface area contributed by atoms with Crippen molar-refractivity contribution in [1.82, 2.24) is 16.0 Å². The van der Waals surface area contributed by atoms with Crippen molar-refractivity contribution in [3.8, 4) is 0 Å². The average molecular weight is 452 g/mol. The highest BCUT2D eigenvalue weighted by atomic mass is 127. The van der Waals surface area contributed by atoms with Crippen LogP contribution in [0.25, 0.3) is 0 Å². The predicted molar refractivity (Wildman–Crippen MR) is 106 cm³/mol. The highest BCUT2D eigenvalue weighted by molar-refractivity contribution is 14.0. The van der Waals surface area contributed by atoms with E-state index in [0.29, 0.717) is 19.6 Å². The van der Waals surface area contributed by atoms with E-state index in [0.717, 1.165) is 24.7 Å². The molecule has 0 saturated carbocycles. The number of guanidine groups is 1. The van der Waals surface area contributed by atoms with E-state index in [2.05, 4.69) is 20.9 Å². The van der Waals surface area contributed by atoms with Crippen LogP contribution in [0, 0.1) is 0 Å². The highest BCUT2D eigenvalue weighted by Crippen LogP contribution is 2.06. The Labute approximate surface area is 161 Å². The van der Waals surface area contributed by atoms with Crippen molar-refractivity contribution >= 4 is 36.0 Å². The van der Waals surface area contributed by atoms with E-state index in [1.54, 1.807) is 6.26 Å². The molecule has 0 unspecified atom stereocenters. The molecule has 138 valence electrons. The number of ether oxygens (including phenoxy) is 1. The van der Waals surface area contributed by atoms with Crippen LogP contribution in [0.4, 0.5) is 4.79 Å². The molecule has 0 aliphatic carbocycles. The van der Waals surface area contributed by atoms with E-state index < -0.39 is 11.7 Å². The molecule has 0 atom stereocenters. The normalized spacial score (nSPS) is 11.4. The summed E-state index contributed by atoms with van der Waals surface area (Å²) >= 11 is 0. The van der Waals surface area contributed by atoms with Crippen LogP contribution in [-0.2, 0) is 11.3 Å². The summed E-state index contributed by atoms with van der Waals surface area (Å²) in [5, 5.41) is 9.09. The summed E-state index contributed by atoms with van der Waals surface area (Å²) in [6, 6.07) is 3.73. The van der Waals surface area contributed by atoms with Gasteiger partial charge in [-0.05, 0) is 46.2 Å². The maximum atomic E-state index is 11.5. The number of nitrogens with one attached hydrogen (secondary N) is 3. The molecule has 7 nitrogen and oxygen atoms in total. The second-order valence-corrected chi connectivity index (χ2v) is 5.98. The molecule has 1 aromatic rings. The minimum Gasteiger partial charge on any atom is -0.467 e. The number of rotatable bonds is 7. The van der Waals surface area contributed by atoms with Gasteiger partial charge in [0.2, 0.25) is 0 Å². The van der Waals surface area contributed by atoms with Gasteiger partial charge in [0.1, 0.15) is 17.9 Å². The van der Waals surface area contributed by atoms with E-state index in [1.807, 2.05) is 39.8 Å². The number of amides is 1. The van der Waals surface area contributed by atoms with Crippen LogP contribution < -0.4 is 16.0 Å². The van der Waals surface area contributed by atoms with Crippen LogP contribution in [0.3, 0.4) is 0 Å². The van der Waals surface area contributed by atoms with E-state index in [4.69, 9.17) is 9.15 Å². The zero-order valence-electron chi connectivity index (χ0n) is 14.8. The van der Waals surface area contributed by atoms with Gasteiger partial charge in [-0.15, -0.1) is 24.0 Å².